The minimum absolute atomic E-state index is 0.217. The predicted molar refractivity (Wildman–Crippen MR) is 83.6 cm³/mol. The fourth-order valence-electron chi connectivity index (χ4n) is 2.14. The van der Waals surface area contributed by atoms with Crippen LogP contribution in [0.25, 0.3) is 0 Å². The number of hydrogen-bond donors (Lipinski definition) is 1. The van der Waals surface area contributed by atoms with Crippen LogP contribution in [0.4, 0.5) is 0 Å². The summed E-state index contributed by atoms with van der Waals surface area (Å²) in [6.07, 6.45) is 0.657. The fourth-order valence-corrected chi connectivity index (χ4v) is 2.97. The fraction of sp³-hybridized carbons (Fsp3) is 0.400. The van der Waals surface area contributed by atoms with Crippen molar-refractivity contribution in [3.05, 3.63) is 33.8 Å². The molecule has 2 N–H and O–H groups in total. The van der Waals surface area contributed by atoms with E-state index in [1.165, 1.54) is 0 Å². The van der Waals surface area contributed by atoms with Gasteiger partial charge in [0.1, 0.15) is 5.75 Å². The average molecular weight is 308 g/mol. The molecule has 6 heteroatoms. The van der Waals surface area contributed by atoms with Gasteiger partial charge >= 0.3 is 0 Å². The van der Waals surface area contributed by atoms with Crippen LogP contribution in [0.5, 0.6) is 17.2 Å². The summed E-state index contributed by atoms with van der Waals surface area (Å²) < 4.78 is 16.0. The van der Waals surface area contributed by atoms with E-state index in [1.54, 1.807) is 38.7 Å². The first kappa shape index (κ1) is 15.6. The summed E-state index contributed by atoms with van der Waals surface area (Å²) in [5.41, 5.74) is 8.21. The molecule has 0 radical (unpaired) electrons. The summed E-state index contributed by atoms with van der Waals surface area (Å²) in [6, 6.07) is 3.44. The van der Waals surface area contributed by atoms with E-state index in [0.717, 1.165) is 16.3 Å². The van der Waals surface area contributed by atoms with Crippen LogP contribution >= 0.6 is 11.3 Å². The Hall–Kier alpha value is -1.79. The lowest BCUT2D eigenvalue weighted by Crippen LogP contribution is -2.15. The van der Waals surface area contributed by atoms with Crippen LogP contribution in [0.15, 0.2) is 17.5 Å². The van der Waals surface area contributed by atoms with E-state index in [9.17, 15) is 0 Å². The molecule has 0 spiro atoms. The molecule has 114 valence electrons. The Kier molecular flexibility index (Phi) is 5.03. The molecular weight excluding hydrogens is 288 g/mol. The number of nitrogens with two attached hydrogens (primary N) is 1. The number of aryl methyl sites for hydroxylation is 1. The molecule has 0 aliphatic heterocycles. The van der Waals surface area contributed by atoms with Gasteiger partial charge in [-0.2, -0.15) is 0 Å². The lowest BCUT2D eigenvalue weighted by Gasteiger charge is -2.18. The average Bonchev–Trinajstić information content (AvgIpc) is 2.90. The molecule has 0 saturated heterocycles. The molecule has 0 saturated carbocycles. The largest absolute Gasteiger partial charge is 0.496 e. The first-order chi connectivity index (χ1) is 10.1. The summed E-state index contributed by atoms with van der Waals surface area (Å²) in [5.74, 6) is 1.95. The molecule has 1 unspecified atom stereocenters. The maximum Gasteiger partial charge on any atom is 0.164 e. The Morgan fingerprint density at radius 3 is 2.24 bits per heavy atom. The highest BCUT2D eigenvalue weighted by Gasteiger charge is 2.18. The van der Waals surface area contributed by atoms with Crippen molar-refractivity contribution < 1.29 is 14.2 Å². The van der Waals surface area contributed by atoms with Crippen LogP contribution in [-0.4, -0.2) is 26.3 Å². The van der Waals surface area contributed by atoms with Crippen molar-refractivity contribution in [2.45, 2.75) is 19.4 Å². The Balaban J connectivity index is 2.32. The van der Waals surface area contributed by atoms with Gasteiger partial charge in [-0.05, 0) is 13.0 Å². The minimum atomic E-state index is -0.217. The van der Waals surface area contributed by atoms with E-state index in [0.29, 0.717) is 23.7 Å². The van der Waals surface area contributed by atoms with Crippen LogP contribution in [0, 0.1) is 6.92 Å². The highest BCUT2D eigenvalue weighted by Crippen LogP contribution is 2.37. The van der Waals surface area contributed by atoms with Crippen molar-refractivity contribution in [3.8, 4) is 17.2 Å². The van der Waals surface area contributed by atoms with Gasteiger partial charge < -0.3 is 19.9 Å². The van der Waals surface area contributed by atoms with E-state index in [-0.39, 0.29) is 6.04 Å². The van der Waals surface area contributed by atoms with Crippen LogP contribution in [0.3, 0.4) is 0 Å². The molecule has 1 atom stereocenters. The second-order valence-electron chi connectivity index (χ2n) is 4.64. The third-order valence-electron chi connectivity index (χ3n) is 3.20. The maximum absolute atomic E-state index is 6.32. The van der Waals surface area contributed by atoms with Gasteiger partial charge in [0, 0.05) is 35.2 Å². The van der Waals surface area contributed by atoms with Gasteiger partial charge in [-0.1, -0.05) is 0 Å². The monoisotopic (exact) mass is 308 g/mol. The van der Waals surface area contributed by atoms with Crippen molar-refractivity contribution in [2.75, 3.05) is 21.3 Å². The number of ether oxygens (including phenoxy) is 3. The lowest BCUT2D eigenvalue weighted by molar-refractivity contribution is 0.346. The van der Waals surface area contributed by atoms with Gasteiger partial charge in [-0.25, -0.2) is 4.98 Å². The molecule has 5 nitrogen and oxygen atoms in total. The maximum atomic E-state index is 6.32. The second-order valence-corrected chi connectivity index (χ2v) is 5.59. The molecule has 1 aromatic heterocycles. The van der Waals surface area contributed by atoms with E-state index < -0.39 is 0 Å². The number of hydrogen-bond acceptors (Lipinski definition) is 6. The summed E-state index contributed by atoms with van der Waals surface area (Å²) in [4.78, 5) is 4.45. The molecule has 1 heterocycles. The van der Waals surface area contributed by atoms with Gasteiger partial charge in [-0.15, -0.1) is 11.3 Å². The number of nitrogens with zero attached hydrogens (tertiary/aromatic N) is 1. The summed E-state index contributed by atoms with van der Waals surface area (Å²) in [7, 11) is 4.81. The molecular formula is C15H20N2O3S. The quantitative estimate of drug-likeness (QED) is 0.889. The summed E-state index contributed by atoms with van der Waals surface area (Å²) in [5, 5.41) is 3.03. The Morgan fingerprint density at radius 2 is 1.71 bits per heavy atom. The highest BCUT2D eigenvalue weighted by molar-refractivity contribution is 7.09. The molecule has 0 aliphatic rings. The van der Waals surface area contributed by atoms with Crippen LogP contribution < -0.4 is 19.9 Å². The minimum Gasteiger partial charge on any atom is -0.496 e. The third-order valence-corrected chi connectivity index (χ3v) is 4.19. The number of rotatable bonds is 6. The number of benzene rings is 1. The topological polar surface area (TPSA) is 66.6 Å². The van der Waals surface area contributed by atoms with Gasteiger partial charge in [-0.3, -0.25) is 0 Å². The van der Waals surface area contributed by atoms with Crippen LogP contribution in [0.2, 0.25) is 0 Å². The van der Waals surface area contributed by atoms with Crippen LogP contribution in [0.1, 0.15) is 22.3 Å². The summed E-state index contributed by atoms with van der Waals surface area (Å²) >= 11 is 1.62. The summed E-state index contributed by atoms with van der Waals surface area (Å²) in [6.45, 7) is 1.97. The van der Waals surface area contributed by atoms with Gasteiger partial charge in [0.05, 0.1) is 26.3 Å². The second kappa shape index (κ2) is 6.78. The van der Waals surface area contributed by atoms with Gasteiger partial charge in [0.15, 0.2) is 11.5 Å². The zero-order valence-corrected chi connectivity index (χ0v) is 13.5. The first-order valence-electron chi connectivity index (χ1n) is 6.55. The molecule has 21 heavy (non-hydrogen) atoms. The van der Waals surface area contributed by atoms with E-state index >= 15 is 0 Å². The van der Waals surface area contributed by atoms with Gasteiger partial charge in [0.25, 0.3) is 0 Å². The molecule has 1 aromatic carbocycles. The Labute approximate surface area is 128 Å². The normalized spacial score (nSPS) is 12.0. The molecule has 0 bridgehead atoms. The zero-order chi connectivity index (χ0) is 15.4. The molecule has 2 rings (SSSR count). The Bertz CT molecular complexity index is 613. The first-order valence-corrected chi connectivity index (χ1v) is 7.43. The predicted octanol–water partition coefficient (Wildman–Crippen LogP) is 2.72. The molecule has 2 aromatic rings. The van der Waals surface area contributed by atoms with Crippen molar-refractivity contribution in [1.29, 1.82) is 0 Å². The van der Waals surface area contributed by atoms with Crippen molar-refractivity contribution in [2.24, 2.45) is 5.73 Å². The SMILES string of the molecule is COc1cc(OC)c(C(N)Cc2nc(C)cs2)cc1OC. The number of thiazole rings is 1. The Morgan fingerprint density at radius 1 is 1.10 bits per heavy atom. The smallest absolute Gasteiger partial charge is 0.164 e. The lowest BCUT2D eigenvalue weighted by atomic mass is 10.0. The highest BCUT2D eigenvalue weighted by atomic mass is 32.1. The molecule has 0 fully saturated rings. The van der Waals surface area contributed by atoms with Crippen molar-refractivity contribution >= 4 is 11.3 Å². The number of aromatic nitrogens is 1. The zero-order valence-electron chi connectivity index (χ0n) is 12.7. The van der Waals surface area contributed by atoms with Crippen molar-refractivity contribution in [1.82, 2.24) is 4.98 Å². The van der Waals surface area contributed by atoms with E-state index in [1.807, 2.05) is 18.4 Å². The standard InChI is InChI=1S/C15H20N2O3S/c1-9-8-21-15(17-9)6-11(16)10-5-13(19-3)14(20-4)7-12(10)18-2/h5,7-8,11H,6,16H2,1-4H3. The van der Waals surface area contributed by atoms with Crippen molar-refractivity contribution in [3.63, 3.8) is 0 Å². The third kappa shape index (κ3) is 3.46. The van der Waals surface area contributed by atoms with Gasteiger partial charge in [0.2, 0.25) is 0 Å². The van der Waals surface area contributed by atoms with E-state index in [4.69, 9.17) is 19.9 Å². The van der Waals surface area contributed by atoms with E-state index in [2.05, 4.69) is 4.98 Å². The molecule has 0 amide bonds. The molecule has 0 aliphatic carbocycles. The number of methoxy groups -OCH3 is 3. The van der Waals surface area contributed by atoms with Crippen LogP contribution in [-0.2, 0) is 6.42 Å².